The van der Waals surface area contributed by atoms with Crippen LogP contribution in [0.25, 0.3) is 0 Å². The first-order valence-electron chi connectivity index (χ1n) is 5.65. The second-order valence-corrected chi connectivity index (χ2v) is 4.39. The Bertz CT molecular complexity index is 429. The molecule has 1 N–H and O–H groups in total. The van der Waals surface area contributed by atoms with E-state index in [4.69, 9.17) is 11.6 Å². The zero-order chi connectivity index (χ0) is 12.8. The van der Waals surface area contributed by atoms with Crippen LogP contribution in [0.2, 0.25) is 5.02 Å². The molecule has 1 aromatic rings. The molecule has 1 rings (SSSR count). The van der Waals surface area contributed by atoms with Crippen molar-refractivity contribution in [1.29, 1.82) is 0 Å². The summed E-state index contributed by atoms with van der Waals surface area (Å²) in [5, 5.41) is 4.50. The lowest BCUT2D eigenvalue weighted by Crippen LogP contribution is -2.21. The molecular weight excluding hydrogens is 236 g/mol. The summed E-state index contributed by atoms with van der Waals surface area (Å²) in [6, 6.07) is 6.91. The molecule has 1 atom stereocenters. The maximum Gasteiger partial charge on any atom is 0.272 e. The molecule has 0 aliphatic heterocycles. The molecule has 0 heterocycles. The third-order valence-corrected chi connectivity index (χ3v) is 3.11. The standard InChI is InChI=1S/C13H17ClN2O/c1-4-9(2)10(3)15-16-13(17)11-7-5-6-8-12(11)14/h5-9H,4H2,1-3H3,(H,16,17)/b15-10-/t9-/m1/s1. The van der Waals surface area contributed by atoms with Crippen LogP contribution in [0.3, 0.4) is 0 Å². The van der Waals surface area contributed by atoms with Gasteiger partial charge in [0.2, 0.25) is 0 Å². The van der Waals surface area contributed by atoms with Gasteiger partial charge in [-0.05, 0) is 31.4 Å². The molecule has 0 aromatic heterocycles. The zero-order valence-electron chi connectivity index (χ0n) is 10.3. The second-order valence-electron chi connectivity index (χ2n) is 3.98. The third kappa shape index (κ3) is 3.86. The molecule has 0 saturated carbocycles. The molecule has 0 aliphatic rings. The number of hydrogen-bond donors (Lipinski definition) is 1. The second kappa shape index (κ2) is 6.40. The van der Waals surface area contributed by atoms with Crippen LogP contribution in [-0.4, -0.2) is 11.6 Å². The Morgan fingerprint density at radius 1 is 1.47 bits per heavy atom. The highest BCUT2D eigenvalue weighted by Gasteiger charge is 2.09. The van der Waals surface area contributed by atoms with Crippen molar-refractivity contribution in [3.8, 4) is 0 Å². The highest BCUT2D eigenvalue weighted by Crippen LogP contribution is 2.14. The monoisotopic (exact) mass is 252 g/mol. The summed E-state index contributed by atoms with van der Waals surface area (Å²) in [6.45, 7) is 6.06. The van der Waals surface area contributed by atoms with E-state index in [0.717, 1.165) is 12.1 Å². The van der Waals surface area contributed by atoms with Gasteiger partial charge in [0, 0.05) is 5.71 Å². The van der Waals surface area contributed by atoms with Crippen molar-refractivity contribution < 1.29 is 4.79 Å². The van der Waals surface area contributed by atoms with E-state index in [0.29, 0.717) is 16.5 Å². The largest absolute Gasteiger partial charge is 0.272 e. The number of nitrogens with one attached hydrogen (secondary N) is 1. The van der Waals surface area contributed by atoms with Gasteiger partial charge in [-0.15, -0.1) is 0 Å². The van der Waals surface area contributed by atoms with Gasteiger partial charge in [-0.3, -0.25) is 4.79 Å². The number of halogens is 1. The summed E-state index contributed by atoms with van der Waals surface area (Å²) in [5.74, 6) is 0.0831. The van der Waals surface area contributed by atoms with Gasteiger partial charge in [0.1, 0.15) is 0 Å². The van der Waals surface area contributed by atoms with Crippen LogP contribution in [0.4, 0.5) is 0 Å². The molecule has 1 aromatic carbocycles. The maximum absolute atomic E-state index is 11.8. The van der Waals surface area contributed by atoms with Gasteiger partial charge >= 0.3 is 0 Å². The van der Waals surface area contributed by atoms with Crippen molar-refractivity contribution >= 4 is 23.2 Å². The van der Waals surface area contributed by atoms with Crippen LogP contribution in [0.15, 0.2) is 29.4 Å². The van der Waals surface area contributed by atoms with E-state index in [-0.39, 0.29) is 5.91 Å². The number of nitrogens with zero attached hydrogens (tertiary/aromatic N) is 1. The molecule has 0 spiro atoms. The molecule has 17 heavy (non-hydrogen) atoms. The average Bonchev–Trinajstić information content (AvgIpc) is 2.35. The Balaban J connectivity index is 2.71. The maximum atomic E-state index is 11.8. The minimum Gasteiger partial charge on any atom is -0.267 e. The molecule has 4 heteroatoms. The number of carbonyl (C=O) groups is 1. The van der Waals surface area contributed by atoms with Crippen molar-refractivity contribution in [3.63, 3.8) is 0 Å². The zero-order valence-corrected chi connectivity index (χ0v) is 11.1. The SMILES string of the molecule is CC[C@@H](C)/C(C)=N\NC(=O)c1ccccc1Cl. The molecule has 0 radical (unpaired) electrons. The van der Waals surface area contributed by atoms with Crippen LogP contribution in [-0.2, 0) is 0 Å². The molecule has 0 fully saturated rings. The van der Waals surface area contributed by atoms with Gasteiger partial charge in [-0.2, -0.15) is 5.10 Å². The number of rotatable bonds is 4. The van der Waals surface area contributed by atoms with Crippen LogP contribution in [0.1, 0.15) is 37.6 Å². The van der Waals surface area contributed by atoms with Crippen molar-refractivity contribution in [3.05, 3.63) is 34.9 Å². The predicted molar refractivity (Wildman–Crippen MR) is 71.5 cm³/mol. The highest BCUT2D eigenvalue weighted by molar-refractivity contribution is 6.33. The number of amides is 1. The molecule has 3 nitrogen and oxygen atoms in total. The highest BCUT2D eigenvalue weighted by atomic mass is 35.5. The van der Waals surface area contributed by atoms with Gasteiger partial charge < -0.3 is 0 Å². The van der Waals surface area contributed by atoms with E-state index in [1.54, 1.807) is 24.3 Å². The Hall–Kier alpha value is -1.35. The summed E-state index contributed by atoms with van der Waals surface area (Å²) in [6.07, 6.45) is 0.997. The van der Waals surface area contributed by atoms with Crippen molar-refractivity contribution in [2.45, 2.75) is 27.2 Å². The summed E-state index contributed by atoms with van der Waals surface area (Å²) in [4.78, 5) is 11.8. The van der Waals surface area contributed by atoms with E-state index >= 15 is 0 Å². The van der Waals surface area contributed by atoms with Crippen molar-refractivity contribution in [2.75, 3.05) is 0 Å². The quantitative estimate of drug-likeness (QED) is 0.647. The lowest BCUT2D eigenvalue weighted by atomic mass is 10.1. The van der Waals surface area contributed by atoms with Crippen molar-refractivity contribution in [2.24, 2.45) is 11.0 Å². The number of benzene rings is 1. The Labute approximate surface area is 107 Å². The van der Waals surface area contributed by atoms with Gasteiger partial charge in [-0.1, -0.05) is 37.6 Å². The first-order chi connectivity index (χ1) is 8.06. The lowest BCUT2D eigenvalue weighted by Gasteiger charge is -2.08. The Morgan fingerprint density at radius 3 is 2.71 bits per heavy atom. The average molecular weight is 253 g/mol. The summed E-state index contributed by atoms with van der Waals surface area (Å²) < 4.78 is 0. The first-order valence-corrected chi connectivity index (χ1v) is 6.03. The molecular formula is C13H17ClN2O. The van der Waals surface area contributed by atoms with Crippen molar-refractivity contribution in [1.82, 2.24) is 5.43 Å². The van der Waals surface area contributed by atoms with Crippen LogP contribution >= 0.6 is 11.6 Å². The molecule has 0 unspecified atom stereocenters. The first kappa shape index (κ1) is 13.7. The number of hydrazone groups is 1. The van der Waals surface area contributed by atoms with E-state index in [1.807, 2.05) is 6.92 Å². The van der Waals surface area contributed by atoms with Gasteiger partial charge in [0.15, 0.2) is 0 Å². The van der Waals surface area contributed by atoms with E-state index in [2.05, 4.69) is 24.4 Å². The smallest absolute Gasteiger partial charge is 0.267 e. The molecule has 0 bridgehead atoms. The minimum absolute atomic E-state index is 0.279. The molecule has 0 saturated heterocycles. The van der Waals surface area contributed by atoms with E-state index in [1.165, 1.54) is 0 Å². The van der Waals surface area contributed by atoms with E-state index < -0.39 is 0 Å². The van der Waals surface area contributed by atoms with Gasteiger partial charge in [0.25, 0.3) is 5.91 Å². The van der Waals surface area contributed by atoms with Crippen LogP contribution in [0.5, 0.6) is 0 Å². The molecule has 1 amide bonds. The number of carbonyl (C=O) groups excluding carboxylic acids is 1. The summed E-state index contributed by atoms with van der Waals surface area (Å²) in [7, 11) is 0. The Kier molecular flexibility index (Phi) is 5.16. The molecule has 0 aliphatic carbocycles. The summed E-state index contributed by atoms with van der Waals surface area (Å²) >= 11 is 5.91. The fraction of sp³-hybridized carbons (Fsp3) is 0.385. The Morgan fingerprint density at radius 2 is 2.12 bits per heavy atom. The van der Waals surface area contributed by atoms with Crippen LogP contribution < -0.4 is 5.43 Å². The third-order valence-electron chi connectivity index (χ3n) is 2.78. The predicted octanol–water partition coefficient (Wildman–Crippen LogP) is 3.49. The fourth-order valence-electron chi connectivity index (χ4n) is 1.25. The molecule has 92 valence electrons. The topological polar surface area (TPSA) is 41.5 Å². The number of hydrogen-bond acceptors (Lipinski definition) is 2. The van der Waals surface area contributed by atoms with Gasteiger partial charge in [0.05, 0.1) is 10.6 Å². The minimum atomic E-state index is -0.279. The fourth-order valence-corrected chi connectivity index (χ4v) is 1.47. The van der Waals surface area contributed by atoms with E-state index in [9.17, 15) is 4.79 Å². The van der Waals surface area contributed by atoms with Crippen LogP contribution in [0, 0.1) is 5.92 Å². The lowest BCUT2D eigenvalue weighted by molar-refractivity contribution is 0.0954. The van der Waals surface area contributed by atoms with Gasteiger partial charge in [-0.25, -0.2) is 5.43 Å². The summed E-state index contributed by atoms with van der Waals surface area (Å²) in [5.41, 5.74) is 3.87. The normalized spacial score (nSPS) is 13.3.